The zero-order valence-electron chi connectivity index (χ0n) is 4.93. The molecule has 2 nitrogen and oxygen atoms in total. The molecule has 0 spiro atoms. The first-order chi connectivity index (χ1) is 4.79. The Balaban J connectivity index is 2.68. The summed E-state index contributed by atoms with van der Waals surface area (Å²) in [6.07, 6.45) is 0. The van der Waals surface area contributed by atoms with Crippen LogP contribution in [0.1, 0.15) is 10.4 Å². The molecule has 0 aliphatic carbocycles. The van der Waals surface area contributed by atoms with E-state index in [9.17, 15) is 4.79 Å². The molecule has 0 saturated heterocycles. The topological polar surface area (TPSA) is 26.3 Å². The molecule has 0 amide bonds. The molecule has 0 radical (unpaired) electrons. The van der Waals surface area contributed by atoms with Gasteiger partial charge in [0.25, 0.3) is 0 Å². The van der Waals surface area contributed by atoms with E-state index in [0.717, 1.165) is 4.47 Å². The van der Waals surface area contributed by atoms with Crippen LogP contribution in [0.3, 0.4) is 0 Å². The Bertz CT molecular complexity index is 292. The Labute approximate surface area is 65.9 Å². The summed E-state index contributed by atoms with van der Waals surface area (Å²) in [7, 11) is 0. The highest BCUT2D eigenvalue weighted by Gasteiger charge is 2.27. The average Bonchev–Trinajstić information content (AvgIpc) is 1.85. The van der Waals surface area contributed by atoms with Gasteiger partial charge in [-0.1, -0.05) is 6.07 Å². The lowest BCUT2D eigenvalue weighted by atomic mass is 10.1. The Hall–Kier alpha value is -0.830. The maximum Gasteiger partial charge on any atom is 0.348 e. The standard InChI is InChI=1S/C7H3BrO2/c8-4-2-1-3-5-6(4)7(9)10-5/h1-3H. The van der Waals surface area contributed by atoms with Crippen molar-refractivity contribution in [2.24, 2.45) is 0 Å². The first-order valence-corrected chi connectivity index (χ1v) is 3.59. The molecule has 0 bridgehead atoms. The van der Waals surface area contributed by atoms with Crippen LogP contribution in [-0.4, -0.2) is 5.97 Å². The van der Waals surface area contributed by atoms with Gasteiger partial charge in [0.05, 0.1) is 0 Å². The van der Waals surface area contributed by atoms with E-state index in [4.69, 9.17) is 4.74 Å². The van der Waals surface area contributed by atoms with E-state index in [1.165, 1.54) is 0 Å². The van der Waals surface area contributed by atoms with Crippen LogP contribution < -0.4 is 4.74 Å². The van der Waals surface area contributed by atoms with Crippen molar-refractivity contribution >= 4 is 21.9 Å². The van der Waals surface area contributed by atoms with Crippen LogP contribution in [0.15, 0.2) is 22.7 Å². The van der Waals surface area contributed by atoms with Gasteiger partial charge in [-0.3, -0.25) is 0 Å². The van der Waals surface area contributed by atoms with Gasteiger partial charge in [0, 0.05) is 4.47 Å². The van der Waals surface area contributed by atoms with Gasteiger partial charge >= 0.3 is 5.97 Å². The summed E-state index contributed by atoms with van der Waals surface area (Å²) >= 11 is 3.24. The summed E-state index contributed by atoms with van der Waals surface area (Å²) in [6, 6.07) is 5.41. The largest absolute Gasteiger partial charge is 0.422 e. The fourth-order valence-corrected chi connectivity index (χ4v) is 1.40. The fourth-order valence-electron chi connectivity index (χ4n) is 0.892. The summed E-state index contributed by atoms with van der Waals surface area (Å²) in [4.78, 5) is 10.7. The molecule has 0 fully saturated rings. The Morgan fingerprint density at radius 3 is 2.70 bits per heavy atom. The molecule has 1 heterocycles. The van der Waals surface area contributed by atoms with E-state index in [0.29, 0.717) is 11.3 Å². The molecule has 1 aliphatic rings. The molecule has 3 heteroatoms. The highest BCUT2D eigenvalue weighted by molar-refractivity contribution is 9.10. The molecular weight excluding hydrogens is 196 g/mol. The minimum Gasteiger partial charge on any atom is -0.422 e. The maximum atomic E-state index is 10.7. The third kappa shape index (κ3) is 0.609. The minimum absolute atomic E-state index is 0.248. The van der Waals surface area contributed by atoms with Crippen molar-refractivity contribution in [3.8, 4) is 5.75 Å². The second-order valence-corrected chi connectivity index (χ2v) is 2.86. The SMILES string of the molecule is O=C1Oc2cccc(Br)c21. The van der Waals surface area contributed by atoms with Crippen molar-refractivity contribution in [3.05, 3.63) is 28.2 Å². The van der Waals surface area contributed by atoms with Crippen molar-refractivity contribution in [3.63, 3.8) is 0 Å². The lowest BCUT2D eigenvalue weighted by Gasteiger charge is -2.17. The number of hydrogen-bond acceptors (Lipinski definition) is 2. The van der Waals surface area contributed by atoms with Gasteiger partial charge in [0.2, 0.25) is 0 Å². The molecule has 1 aromatic rings. The van der Waals surface area contributed by atoms with E-state index >= 15 is 0 Å². The summed E-state index contributed by atoms with van der Waals surface area (Å²) in [6.45, 7) is 0. The number of esters is 1. The van der Waals surface area contributed by atoms with Gasteiger partial charge in [0.15, 0.2) is 0 Å². The second-order valence-electron chi connectivity index (χ2n) is 2.00. The van der Waals surface area contributed by atoms with Crippen LogP contribution in [0.25, 0.3) is 0 Å². The molecule has 0 atom stereocenters. The van der Waals surface area contributed by atoms with Crippen molar-refractivity contribution < 1.29 is 9.53 Å². The van der Waals surface area contributed by atoms with Crippen molar-refractivity contribution in [1.29, 1.82) is 0 Å². The summed E-state index contributed by atoms with van der Waals surface area (Å²) in [5, 5.41) is 0. The van der Waals surface area contributed by atoms with Gasteiger partial charge in [-0.05, 0) is 28.1 Å². The molecule has 50 valence electrons. The molecule has 0 aromatic heterocycles. The van der Waals surface area contributed by atoms with Gasteiger partial charge in [-0.15, -0.1) is 0 Å². The normalized spacial score (nSPS) is 13.5. The summed E-state index contributed by atoms with van der Waals surface area (Å²) in [5.41, 5.74) is 0.655. The highest BCUT2D eigenvalue weighted by atomic mass is 79.9. The zero-order valence-corrected chi connectivity index (χ0v) is 6.51. The number of ether oxygens (including phenoxy) is 1. The van der Waals surface area contributed by atoms with E-state index in [1.54, 1.807) is 6.07 Å². The molecular formula is C7H3BrO2. The predicted octanol–water partition coefficient (Wildman–Crippen LogP) is 1.98. The molecule has 1 aliphatic heterocycles. The van der Waals surface area contributed by atoms with Crippen LogP contribution in [0.4, 0.5) is 0 Å². The van der Waals surface area contributed by atoms with Crippen LogP contribution >= 0.6 is 15.9 Å². The van der Waals surface area contributed by atoms with Crippen molar-refractivity contribution in [1.82, 2.24) is 0 Å². The Kier molecular flexibility index (Phi) is 1.08. The van der Waals surface area contributed by atoms with Gasteiger partial charge in [-0.2, -0.15) is 0 Å². The summed E-state index contributed by atoms with van der Waals surface area (Å²) in [5.74, 6) is 0.418. The van der Waals surface area contributed by atoms with E-state index in [-0.39, 0.29) is 5.97 Å². The number of fused-ring (bicyclic) bond motifs is 1. The lowest BCUT2D eigenvalue weighted by Crippen LogP contribution is -2.21. The molecule has 0 saturated carbocycles. The smallest absolute Gasteiger partial charge is 0.348 e. The number of halogens is 1. The number of rotatable bonds is 0. The van der Waals surface area contributed by atoms with Gasteiger partial charge in [0.1, 0.15) is 11.3 Å². The quantitative estimate of drug-likeness (QED) is 0.597. The van der Waals surface area contributed by atoms with E-state index in [2.05, 4.69) is 15.9 Å². The molecule has 10 heavy (non-hydrogen) atoms. The number of hydrogen-bond donors (Lipinski definition) is 0. The molecule has 2 rings (SSSR count). The minimum atomic E-state index is -0.248. The second kappa shape index (κ2) is 1.83. The van der Waals surface area contributed by atoms with Gasteiger partial charge < -0.3 is 4.74 Å². The Morgan fingerprint density at radius 1 is 1.40 bits per heavy atom. The zero-order chi connectivity index (χ0) is 7.14. The molecule has 0 unspecified atom stereocenters. The molecule has 0 N–H and O–H groups in total. The first-order valence-electron chi connectivity index (χ1n) is 2.80. The Morgan fingerprint density at radius 2 is 2.20 bits per heavy atom. The van der Waals surface area contributed by atoms with Crippen LogP contribution in [0.5, 0.6) is 5.75 Å². The average molecular weight is 199 g/mol. The van der Waals surface area contributed by atoms with E-state index in [1.807, 2.05) is 12.1 Å². The van der Waals surface area contributed by atoms with Crippen LogP contribution in [-0.2, 0) is 0 Å². The number of carbonyl (C=O) groups is 1. The highest BCUT2D eigenvalue weighted by Crippen LogP contribution is 2.34. The number of benzene rings is 1. The third-order valence-electron chi connectivity index (χ3n) is 1.38. The first kappa shape index (κ1) is 5.92. The van der Waals surface area contributed by atoms with E-state index < -0.39 is 0 Å². The van der Waals surface area contributed by atoms with Crippen molar-refractivity contribution in [2.75, 3.05) is 0 Å². The monoisotopic (exact) mass is 198 g/mol. The predicted molar refractivity (Wildman–Crippen MR) is 39.1 cm³/mol. The summed E-state index contributed by atoms with van der Waals surface area (Å²) < 4.78 is 5.50. The maximum absolute atomic E-state index is 10.7. The van der Waals surface area contributed by atoms with Crippen LogP contribution in [0, 0.1) is 0 Å². The lowest BCUT2D eigenvalue weighted by molar-refractivity contribution is 0.0657. The van der Waals surface area contributed by atoms with Crippen LogP contribution in [0.2, 0.25) is 0 Å². The number of carbonyl (C=O) groups excluding carboxylic acids is 1. The fraction of sp³-hybridized carbons (Fsp3) is 0. The van der Waals surface area contributed by atoms with Crippen molar-refractivity contribution in [2.45, 2.75) is 0 Å². The van der Waals surface area contributed by atoms with Gasteiger partial charge in [-0.25, -0.2) is 4.79 Å². The third-order valence-corrected chi connectivity index (χ3v) is 2.04. The molecule has 1 aromatic carbocycles.